The summed E-state index contributed by atoms with van der Waals surface area (Å²) in [4.78, 5) is 49.5. The van der Waals surface area contributed by atoms with Crippen molar-refractivity contribution in [2.45, 2.75) is 24.4 Å². The Bertz CT molecular complexity index is 948. The lowest BCUT2D eigenvalue weighted by Crippen LogP contribution is -2.80. The van der Waals surface area contributed by atoms with Gasteiger partial charge in [0, 0.05) is 31.0 Å². The number of anilines is 1. The number of para-hydroxylation sites is 1. The summed E-state index contributed by atoms with van der Waals surface area (Å²) in [5.41, 5.74) is 5.23. The summed E-state index contributed by atoms with van der Waals surface area (Å²) in [5, 5.41) is 11.4. The first-order chi connectivity index (χ1) is 14.2. The standard InChI is InChI=1S/C19H21N3O7S/c1-10(23)29-8-12-9-30-18-19(28-2,17(27)22(18)15(12)16(25)26)21-14(24)7-11-5-3-4-6-13(11)20/h3-6,18H,7-9,20H2,1-2H3,(H,21,24)(H,25,26)/t18-,19?/m1/s1. The van der Waals surface area contributed by atoms with Crippen LogP contribution in [0.3, 0.4) is 0 Å². The molecule has 11 heteroatoms. The molecule has 0 saturated carbocycles. The molecule has 1 aromatic carbocycles. The molecule has 1 saturated heterocycles. The second-order valence-electron chi connectivity index (χ2n) is 6.74. The fourth-order valence-corrected chi connectivity index (χ4v) is 4.78. The quantitative estimate of drug-likeness (QED) is 0.234. The zero-order valence-corrected chi connectivity index (χ0v) is 17.2. The molecule has 0 aliphatic carbocycles. The van der Waals surface area contributed by atoms with Crippen molar-refractivity contribution >= 4 is 41.2 Å². The molecule has 0 radical (unpaired) electrons. The summed E-state index contributed by atoms with van der Waals surface area (Å²) < 4.78 is 10.3. The number of fused-ring (bicyclic) bond motifs is 1. The Kier molecular flexibility index (Phi) is 6.04. The van der Waals surface area contributed by atoms with E-state index in [1.807, 2.05) is 0 Å². The Balaban J connectivity index is 1.81. The number of carboxylic acids is 1. The number of carboxylic acid groups (broad SMARTS) is 1. The predicted octanol–water partition coefficient (Wildman–Crippen LogP) is 0.0871. The van der Waals surface area contributed by atoms with Crippen LogP contribution < -0.4 is 11.1 Å². The van der Waals surface area contributed by atoms with Crippen LogP contribution in [0.25, 0.3) is 0 Å². The minimum absolute atomic E-state index is 0.0677. The zero-order chi connectivity index (χ0) is 22.1. The maximum absolute atomic E-state index is 12.9. The summed E-state index contributed by atoms with van der Waals surface area (Å²) >= 11 is 1.21. The average molecular weight is 435 g/mol. The van der Waals surface area contributed by atoms with Gasteiger partial charge in [0.25, 0.3) is 11.6 Å². The molecule has 0 aromatic heterocycles. The number of esters is 1. The third kappa shape index (κ3) is 3.73. The highest BCUT2D eigenvalue weighted by atomic mass is 32.2. The van der Waals surface area contributed by atoms with Crippen molar-refractivity contribution in [2.24, 2.45) is 0 Å². The SMILES string of the molecule is COC1(NC(=O)Cc2ccccc2N)C(=O)N2C(C(=O)O)=C(COC(C)=O)CS[C@@H]21. The van der Waals surface area contributed by atoms with Crippen LogP contribution in [0, 0.1) is 0 Å². The van der Waals surface area contributed by atoms with Gasteiger partial charge >= 0.3 is 11.9 Å². The number of nitrogens with zero attached hydrogens (tertiary/aromatic N) is 1. The van der Waals surface area contributed by atoms with Crippen LogP contribution in [-0.4, -0.2) is 64.3 Å². The summed E-state index contributed by atoms with van der Waals surface area (Å²) in [6.45, 7) is 0.972. The number of nitrogens with one attached hydrogen (secondary N) is 1. The molecule has 4 N–H and O–H groups in total. The molecule has 2 atom stereocenters. The van der Waals surface area contributed by atoms with Gasteiger partial charge in [0.2, 0.25) is 5.91 Å². The lowest BCUT2D eigenvalue weighted by atomic mass is 9.97. The third-order valence-electron chi connectivity index (χ3n) is 4.82. The van der Waals surface area contributed by atoms with Crippen LogP contribution in [0.1, 0.15) is 12.5 Å². The van der Waals surface area contributed by atoms with Crippen LogP contribution in [0.5, 0.6) is 0 Å². The van der Waals surface area contributed by atoms with Gasteiger partial charge in [-0.1, -0.05) is 18.2 Å². The number of carbonyl (C=O) groups is 4. The van der Waals surface area contributed by atoms with E-state index in [1.165, 1.54) is 25.8 Å². The van der Waals surface area contributed by atoms with Crippen molar-refractivity contribution in [3.63, 3.8) is 0 Å². The van der Waals surface area contributed by atoms with Crippen molar-refractivity contribution in [1.29, 1.82) is 0 Å². The first-order valence-corrected chi connectivity index (χ1v) is 9.99. The number of methoxy groups -OCH3 is 1. The topological polar surface area (TPSA) is 148 Å². The van der Waals surface area contributed by atoms with Crippen LogP contribution in [0.4, 0.5) is 5.69 Å². The van der Waals surface area contributed by atoms with Crippen LogP contribution in [0.2, 0.25) is 0 Å². The predicted molar refractivity (Wildman–Crippen MR) is 107 cm³/mol. The highest BCUT2D eigenvalue weighted by Gasteiger charge is 2.66. The first kappa shape index (κ1) is 21.7. The second-order valence-corrected chi connectivity index (χ2v) is 7.81. The van der Waals surface area contributed by atoms with Gasteiger partial charge < -0.3 is 25.6 Å². The molecule has 30 heavy (non-hydrogen) atoms. The van der Waals surface area contributed by atoms with Crippen molar-refractivity contribution in [1.82, 2.24) is 10.2 Å². The van der Waals surface area contributed by atoms with Crippen molar-refractivity contribution in [3.05, 3.63) is 41.1 Å². The minimum atomic E-state index is -1.70. The molecular formula is C19H21N3O7S. The van der Waals surface area contributed by atoms with Gasteiger partial charge in [-0.25, -0.2) is 4.79 Å². The normalized spacial score (nSPS) is 22.8. The van der Waals surface area contributed by atoms with Gasteiger partial charge in [-0.3, -0.25) is 19.3 Å². The number of nitrogens with two attached hydrogens (primary N) is 1. The molecule has 1 aromatic rings. The summed E-state index contributed by atoms with van der Waals surface area (Å²) in [6.07, 6.45) is -0.0677. The monoisotopic (exact) mass is 435 g/mol. The Morgan fingerprint density at radius 1 is 1.37 bits per heavy atom. The first-order valence-electron chi connectivity index (χ1n) is 8.94. The number of carbonyl (C=O) groups excluding carboxylic acids is 3. The number of ether oxygens (including phenoxy) is 2. The molecular weight excluding hydrogens is 414 g/mol. The largest absolute Gasteiger partial charge is 0.477 e. The van der Waals surface area contributed by atoms with E-state index in [-0.39, 0.29) is 24.5 Å². The maximum atomic E-state index is 12.9. The van der Waals surface area contributed by atoms with Gasteiger partial charge in [-0.05, 0) is 11.6 Å². The molecule has 2 heterocycles. The Labute approximate surface area is 176 Å². The fraction of sp³-hybridized carbons (Fsp3) is 0.368. The summed E-state index contributed by atoms with van der Waals surface area (Å²) in [7, 11) is 1.27. The van der Waals surface area contributed by atoms with Gasteiger partial charge in [-0.2, -0.15) is 0 Å². The highest BCUT2D eigenvalue weighted by molar-refractivity contribution is 8.00. The average Bonchev–Trinajstić information content (AvgIpc) is 2.70. The van der Waals surface area contributed by atoms with Gasteiger partial charge in [0.1, 0.15) is 17.7 Å². The molecule has 2 amide bonds. The Morgan fingerprint density at radius 2 is 2.07 bits per heavy atom. The maximum Gasteiger partial charge on any atom is 0.352 e. The van der Waals surface area contributed by atoms with E-state index in [1.54, 1.807) is 24.3 Å². The number of amides is 2. The molecule has 0 spiro atoms. The molecule has 1 unspecified atom stereocenters. The van der Waals surface area contributed by atoms with E-state index < -0.39 is 34.9 Å². The van der Waals surface area contributed by atoms with Crippen LogP contribution in [0.15, 0.2) is 35.5 Å². The summed E-state index contributed by atoms with van der Waals surface area (Å²) in [6, 6.07) is 6.85. The Hall–Kier alpha value is -3.05. The molecule has 160 valence electrons. The fourth-order valence-electron chi connectivity index (χ4n) is 3.36. The molecule has 0 bridgehead atoms. The van der Waals surface area contributed by atoms with Crippen molar-refractivity contribution < 1.29 is 33.8 Å². The third-order valence-corrected chi connectivity index (χ3v) is 6.19. The van der Waals surface area contributed by atoms with E-state index in [4.69, 9.17) is 15.2 Å². The van der Waals surface area contributed by atoms with E-state index in [2.05, 4.69) is 5.32 Å². The van der Waals surface area contributed by atoms with E-state index in [9.17, 15) is 24.3 Å². The molecule has 10 nitrogen and oxygen atoms in total. The number of hydrogen-bond donors (Lipinski definition) is 3. The molecule has 3 rings (SSSR count). The second kappa shape index (κ2) is 8.36. The number of aliphatic carboxylic acids is 1. The Morgan fingerprint density at radius 3 is 2.67 bits per heavy atom. The van der Waals surface area contributed by atoms with Gasteiger partial charge in [0.15, 0.2) is 0 Å². The van der Waals surface area contributed by atoms with Crippen molar-refractivity contribution in [2.75, 3.05) is 25.2 Å². The molecule has 2 aliphatic rings. The highest BCUT2D eigenvalue weighted by Crippen LogP contribution is 2.46. The number of β-lactam (4-membered cyclic amide) rings is 1. The van der Waals surface area contributed by atoms with E-state index in [0.29, 0.717) is 16.8 Å². The molecule has 2 aliphatic heterocycles. The smallest absolute Gasteiger partial charge is 0.352 e. The van der Waals surface area contributed by atoms with Crippen LogP contribution >= 0.6 is 11.8 Å². The van der Waals surface area contributed by atoms with E-state index in [0.717, 1.165) is 4.90 Å². The van der Waals surface area contributed by atoms with Crippen molar-refractivity contribution in [3.8, 4) is 0 Å². The number of nitrogen functional groups attached to an aromatic ring is 1. The zero-order valence-electron chi connectivity index (χ0n) is 16.3. The lowest BCUT2D eigenvalue weighted by molar-refractivity contribution is -0.192. The minimum Gasteiger partial charge on any atom is -0.477 e. The van der Waals surface area contributed by atoms with E-state index >= 15 is 0 Å². The van der Waals surface area contributed by atoms with Gasteiger partial charge in [-0.15, -0.1) is 11.8 Å². The number of thioether (sulfide) groups is 1. The molecule has 1 fully saturated rings. The summed E-state index contributed by atoms with van der Waals surface area (Å²) in [5.74, 6) is -2.91. The number of benzene rings is 1. The van der Waals surface area contributed by atoms with Gasteiger partial charge in [0.05, 0.1) is 6.42 Å². The number of rotatable bonds is 7. The van der Waals surface area contributed by atoms with Crippen LogP contribution in [-0.2, 0) is 35.1 Å². The number of hydrogen-bond acceptors (Lipinski definition) is 8. The lowest BCUT2D eigenvalue weighted by Gasteiger charge is -2.55.